The van der Waals surface area contributed by atoms with Crippen LogP contribution in [0.5, 0.6) is 0 Å². The molecule has 4 heteroatoms. The quantitative estimate of drug-likeness (QED) is 0.0911. The van der Waals surface area contributed by atoms with Crippen LogP contribution in [0.25, 0.3) is 34.7 Å². The number of esters is 1. The van der Waals surface area contributed by atoms with Crippen molar-refractivity contribution in [3.05, 3.63) is 173 Å². The van der Waals surface area contributed by atoms with Crippen LogP contribution in [0, 0.1) is 0 Å². The topological polar surface area (TPSA) is 33.4 Å². The molecule has 8 rings (SSSR count). The first kappa shape index (κ1) is 33.4. The molecule has 258 valence electrons. The Bertz CT molecular complexity index is 2240. The number of benzene rings is 5. The largest absolute Gasteiger partial charge is 0.455 e. The second kappa shape index (κ2) is 14.1. The first-order chi connectivity index (χ1) is 25.3. The van der Waals surface area contributed by atoms with Crippen LogP contribution < -0.4 is 9.47 Å². The zero-order chi connectivity index (χ0) is 35.7. The number of nitrogens with zero attached hydrogens (tertiary/aromatic N) is 2. The maximum atomic E-state index is 12.6. The van der Waals surface area contributed by atoms with E-state index in [1.807, 2.05) is 37.6 Å². The van der Waals surface area contributed by atoms with Gasteiger partial charge in [0.2, 0.25) is 12.1 Å². The number of carbonyl (C=O) groups is 1. The predicted molar refractivity (Wildman–Crippen MR) is 214 cm³/mol. The molecule has 0 spiro atoms. The third-order valence-corrected chi connectivity index (χ3v) is 10.3. The summed E-state index contributed by atoms with van der Waals surface area (Å²) in [5, 5.41) is 1.10. The number of hydrogen-bond acceptors (Lipinski definition) is 3. The summed E-state index contributed by atoms with van der Waals surface area (Å²) in [6, 6.07) is 48.2. The van der Waals surface area contributed by atoms with Crippen molar-refractivity contribution in [2.24, 2.45) is 0 Å². The molecule has 2 unspecified atom stereocenters. The third kappa shape index (κ3) is 6.94. The van der Waals surface area contributed by atoms with Crippen LogP contribution in [0.2, 0.25) is 0 Å². The van der Waals surface area contributed by atoms with Crippen molar-refractivity contribution in [3.8, 4) is 0 Å². The number of aromatic nitrogens is 1. The first-order valence-corrected chi connectivity index (χ1v) is 18.5. The highest BCUT2D eigenvalue weighted by molar-refractivity contribution is 5.92. The molecule has 52 heavy (non-hydrogen) atoms. The summed E-state index contributed by atoms with van der Waals surface area (Å²) in [6.07, 6.45) is 12.4. The molecule has 0 N–H and O–H groups in total. The van der Waals surface area contributed by atoms with Gasteiger partial charge in [-0.25, -0.2) is 4.79 Å². The normalized spacial score (nSPS) is 16.6. The molecule has 1 saturated carbocycles. The molecule has 2 aliphatic rings. The van der Waals surface area contributed by atoms with E-state index in [-0.39, 0.29) is 12.5 Å². The van der Waals surface area contributed by atoms with Crippen LogP contribution >= 0.6 is 0 Å². The highest BCUT2D eigenvalue weighted by Crippen LogP contribution is 2.52. The molecule has 0 bridgehead atoms. The molecule has 0 amide bonds. The Balaban J connectivity index is 1.06. The molecule has 6 aromatic rings. The second-order valence-corrected chi connectivity index (χ2v) is 15.0. The number of para-hydroxylation sites is 1. The monoisotopic (exact) mass is 681 g/mol. The summed E-state index contributed by atoms with van der Waals surface area (Å²) < 4.78 is 7.57. The van der Waals surface area contributed by atoms with E-state index in [9.17, 15) is 4.79 Å². The molecular formula is C48H45N2O2+. The van der Waals surface area contributed by atoms with E-state index in [0.717, 1.165) is 16.5 Å². The molecule has 1 aliphatic carbocycles. The number of anilines is 2. The number of fused-ring (bicyclic) bond motifs is 4. The van der Waals surface area contributed by atoms with Crippen molar-refractivity contribution in [1.82, 2.24) is 0 Å². The maximum absolute atomic E-state index is 12.6. The first-order valence-electron chi connectivity index (χ1n) is 18.5. The average molecular weight is 682 g/mol. The summed E-state index contributed by atoms with van der Waals surface area (Å²) in [5.41, 5.74) is 11.7. The van der Waals surface area contributed by atoms with E-state index in [1.54, 1.807) is 0 Å². The predicted octanol–water partition coefficient (Wildman–Crippen LogP) is 11.0. The molecule has 1 fully saturated rings. The lowest BCUT2D eigenvalue weighted by atomic mass is 9.95. The smallest absolute Gasteiger partial charge is 0.373 e. The fourth-order valence-electron chi connectivity index (χ4n) is 8.07. The molecule has 1 aliphatic heterocycles. The van der Waals surface area contributed by atoms with Crippen LogP contribution in [0.3, 0.4) is 0 Å². The summed E-state index contributed by atoms with van der Waals surface area (Å²) >= 11 is 0. The molecule has 4 nitrogen and oxygen atoms in total. The fraction of sp³-hybridized carbons (Fsp3) is 0.208. The summed E-state index contributed by atoms with van der Waals surface area (Å²) in [6.45, 7) is 5.87. The minimum atomic E-state index is -0.514. The van der Waals surface area contributed by atoms with Crippen molar-refractivity contribution in [2.45, 2.75) is 64.1 Å². The Labute approximate surface area is 307 Å². The van der Waals surface area contributed by atoms with Gasteiger partial charge in [-0.1, -0.05) is 110 Å². The Hall–Kier alpha value is -5.74. The number of pyridine rings is 1. The van der Waals surface area contributed by atoms with Crippen LogP contribution in [-0.2, 0) is 16.1 Å². The maximum Gasteiger partial charge on any atom is 0.373 e. The third-order valence-electron chi connectivity index (χ3n) is 10.3. The van der Waals surface area contributed by atoms with Crippen molar-refractivity contribution < 1.29 is 14.1 Å². The van der Waals surface area contributed by atoms with Gasteiger partial charge < -0.3 is 9.64 Å². The van der Waals surface area contributed by atoms with Crippen molar-refractivity contribution >= 4 is 52.0 Å². The lowest BCUT2D eigenvalue weighted by molar-refractivity contribution is -0.660. The summed E-state index contributed by atoms with van der Waals surface area (Å²) in [7, 11) is 0. The van der Waals surface area contributed by atoms with E-state index in [4.69, 9.17) is 4.74 Å². The van der Waals surface area contributed by atoms with Crippen LogP contribution in [0.15, 0.2) is 140 Å². The van der Waals surface area contributed by atoms with E-state index in [1.165, 1.54) is 64.0 Å². The van der Waals surface area contributed by atoms with E-state index >= 15 is 0 Å². The number of ether oxygens (including phenoxy) is 1. The van der Waals surface area contributed by atoms with E-state index in [2.05, 4.69) is 151 Å². The minimum absolute atomic E-state index is 0.174. The van der Waals surface area contributed by atoms with Gasteiger partial charge in [-0.3, -0.25) is 0 Å². The van der Waals surface area contributed by atoms with Gasteiger partial charge in [-0.05, 0) is 109 Å². The Morgan fingerprint density at radius 2 is 1.44 bits per heavy atom. The van der Waals surface area contributed by atoms with Crippen LogP contribution in [0.4, 0.5) is 11.4 Å². The van der Waals surface area contributed by atoms with E-state index in [0.29, 0.717) is 12.0 Å². The number of carbonyl (C=O) groups excluding carboxylic acids is 1. The Morgan fingerprint density at radius 1 is 0.769 bits per heavy atom. The molecule has 2 atom stereocenters. The zero-order valence-corrected chi connectivity index (χ0v) is 30.2. The van der Waals surface area contributed by atoms with Crippen LogP contribution in [0.1, 0.15) is 79.3 Å². The van der Waals surface area contributed by atoms with Gasteiger partial charge in [-0.2, -0.15) is 4.57 Å². The Kier molecular flexibility index (Phi) is 9.07. The second-order valence-electron chi connectivity index (χ2n) is 15.0. The van der Waals surface area contributed by atoms with E-state index < -0.39 is 5.60 Å². The zero-order valence-electron chi connectivity index (χ0n) is 30.2. The highest BCUT2D eigenvalue weighted by atomic mass is 16.6. The van der Waals surface area contributed by atoms with Gasteiger partial charge in [0.15, 0.2) is 6.20 Å². The van der Waals surface area contributed by atoms with Crippen molar-refractivity contribution in [3.63, 3.8) is 0 Å². The lowest BCUT2D eigenvalue weighted by Crippen LogP contribution is -2.41. The molecule has 0 radical (unpaired) electrons. The van der Waals surface area contributed by atoms with Crippen LogP contribution in [-0.4, -0.2) is 17.6 Å². The minimum Gasteiger partial charge on any atom is -0.455 e. The Morgan fingerprint density at radius 3 is 2.15 bits per heavy atom. The molecule has 1 aromatic heterocycles. The van der Waals surface area contributed by atoms with Gasteiger partial charge in [0.1, 0.15) is 5.60 Å². The molecular weight excluding hydrogens is 637 g/mol. The highest BCUT2D eigenvalue weighted by Gasteiger charge is 2.42. The SMILES string of the molecule is CC(C)(C)OC(=O)C[n+]1ccc(/C=C/c2ccc3c(c2)C2CCCC2N3c2ccc(C=C(c3ccccc3)c3ccccc3)cc2)c2ccccc21. The average Bonchev–Trinajstić information content (AvgIpc) is 3.75. The molecule has 2 heterocycles. The van der Waals surface area contributed by atoms with Gasteiger partial charge >= 0.3 is 5.97 Å². The van der Waals surface area contributed by atoms with Crippen molar-refractivity contribution in [1.29, 1.82) is 0 Å². The summed E-state index contributed by atoms with van der Waals surface area (Å²) in [4.78, 5) is 15.2. The van der Waals surface area contributed by atoms with Gasteiger partial charge in [0, 0.05) is 35.5 Å². The number of hydrogen-bond donors (Lipinski definition) is 0. The standard InChI is InChI=1S/C48H45N2O2/c1-48(2,3)52-47(51)33-49-30-29-38(40-17-10-11-19-44(40)49)25-21-34-24-28-46-43(32-34)41-18-12-20-45(41)50(46)39-26-22-35(23-27-39)31-42(36-13-6-4-7-14-36)37-15-8-5-9-16-37/h4-11,13-17,19,21-32,41,45H,12,18,20,33H2,1-3H3/q+1. The lowest BCUT2D eigenvalue weighted by Gasteiger charge is -2.27. The molecule has 5 aromatic carbocycles. The molecule has 0 saturated heterocycles. The number of rotatable bonds is 8. The fourth-order valence-corrected chi connectivity index (χ4v) is 8.07. The van der Waals surface area contributed by atoms with Crippen molar-refractivity contribution in [2.75, 3.05) is 4.90 Å². The van der Waals surface area contributed by atoms with Gasteiger partial charge in [0.05, 0.1) is 5.39 Å². The van der Waals surface area contributed by atoms with Gasteiger partial charge in [0.25, 0.3) is 0 Å². The summed E-state index contributed by atoms with van der Waals surface area (Å²) in [5.74, 6) is 0.298. The van der Waals surface area contributed by atoms with Gasteiger partial charge in [-0.15, -0.1) is 0 Å².